The average molecular weight is 289 g/mol. The van der Waals surface area contributed by atoms with Gasteiger partial charge in [0.05, 0.1) is 0 Å². The van der Waals surface area contributed by atoms with Crippen LogP contribution in [0.25, 0.3) is 0 Å². The maximum absolute atomic E-state index is 12.5. The van der Waals surface area contributed by atoms with Gasteiger partial charge in [-0.2, -0.15) is 0 Å². The standard InChI is InChI=1S/C16H23N3O2/c20-16(15-3-10-21-11-4-15)19-8-6-18(7-9-19)13-14-2-1-5-17-12-14/h1-2,5,12,15H,3-4,6-11,13H2. The first kappa shape index (κ1) is 14.5. The molecule has 0 radical (unpaired) electrons. The third-order valence-electron chi connectivity index (χ3n) is 4.38. The minimum absolute atomic E-state index is 0.184. The first-order valence-corrected chi connectivity index (χ1v) is 7.81. The number of pyridine rings is 1. The van der Waals surface area contributed by atoms with Crippen LogP contribution in [-0.2, 0) is 16.1 Å². The summed E-state index contributed by atoms with van der Waals surface area (Å²) in [5.74, 6) is 0.517. The lowest BCUT2D eigenvalue weighted by molar-refractivity contribution is -0.140. The topological polar surface area (TPSA) is 45.7 Å². The number of nitrogens with zero attached hydrogens (tertiary/aromatic N) is 3. The highest BCUT2D eigenvalue weighted by molar-refractivity contribution is 5.79. The van der Waals surface area contributed by atoms with Gasteiger partial charge in [-0.15, -0.1) is 0 Å². The first-order chi connectivity index (χ1) is 10.3. The Kier molecular flexibility index (Phi) is 4.83. The van der Waals surface area contributed by atoms with Crippen LogP contribution in [0.2, 0.25) is 0 Å². The maximum atomic E-state index is 12.5. The van der Waals surface area contributed by atoms with Crippen LogP contribution in [0.4, 0.5) is 0 Å². The molecule has 1 aromatic rings. The number of carbonyl (C=O) groups is 1. The molecule has 114 valence electrons. The van der Waals surface area contributed by atoms with E-state index in [1.165, 1.54) is 5.56 Å². The molecule has 0 N–H and O–H groups in total. The Bertz CT molecular complexity index is 452. The van der Waals surface area contributed by atoms with Gasteiger partial charge in [-0.3, -0.25) is 14.7 Å². The Labute approximate surface area is 125 Å². The van der Waals surface area contributed by atoms with Crippen LogP contribution in [0.3, 0.4) is 0 Å². The van der Waals surface area contributed by atoms with Crippen molar-refractivity contribution in [2.45, 2.75) is 19.4 Å². The van der Waals surface area contributed by atoms with E-state index in [2.05, 4.69) is 16.0 Å². The molecule has 0 unspecified atom stereocenters. The van der Waals surface area contributed by atoms with Crippen LogP contribution in [0, 0.1) is 5.92 Å². The molecule has 0 spiro atoms. The Morgan fingerprint density at radius 1 is 1.24 bits per heavy atom. The van der Waals surface area contributed by atoms with Gasteiger partial charge in [0.2, 0.25) is 5.91 Å². The van der Waals surface area contributed by atoms with Crippen molar-refractivity contribution >= 4 is 5.91 Å². The Hall–Kier alpha value is -1.46. The van der Waals surface area contributed by atoms with Gasteiger partial charge >= 0.3 is 0 Å². The van der Waals surface area contributed by atoms with E-state index in [9.17, 15) is 4.79 Å². The molecule has 5 nitrogen and oxygen atoms in total. The van der Waals surface area contributed by atoms with E-state index in [0.717, 1.165) is 58.8 Å². The summed E-state index contributed by atoms with van der Waals surface area (Å²) < 4.78 is 5.34. The summed E-state index contributed by atoms with van der Waals surface area (Å²) in [6.45, 7) is 5.97. The molecule has 0 atom stereocenters. The van der Waals surface area contributed by atoms with Crippen molar-refractivity contribution in [1.29, 1.82) is 0 Å². The van der Waals surface area contributed by atoms with E-state index in [-0.39, 0.29) is 5.92 Å². The summed E-state index contributed by atoms with van der Waals surface area (Å²) >= 11 is 0. The van der Waals surface area contributed by atoms with E-state index in [0.29, 0.717) is 5.91 Å². The molecule has 3 heterocycles. The van der Waals surface area contributed by atoms with E-state index in [1.54, 1.807) is 6.20 Å². The zero-order chi connectivity index (χ0) is 14.5. The van der Waals surface area contributed by atoms with Gasteiger partial charge in [-0.05, 0) is 24.5 Å². The van der Waals surface area contributed by atoms with Gasteiger partial charge < -0.3 is 9.64 Å². The number of ether oxygens (including phenoxy) is 1. The van der Waals surface area contributed by atoms with Crippen molar-refractivity contribution in [2.75, 3.05) is 39.4 Å². The van der Waals surface area contributed by atoms with Crippen LogP contribution < -0.4 is 0 Å². The lowest BCUT2D eigenvalue weighted by Crippen LogP contribution is -2.50. The molecule has 0 aromatic carbocycles. The van der Waals surface area contributed by atoms with E-state index < -0.39 is 0 Å². The lowest BCUT2D eigenvalue weighted by Gasteiger charge is -2.37. The predicted molar refractivity (Wildman–Crippen MR) is 79.6 cm³/mol. The van der Waals surface area contributed by atoms with Crippen molar-refractivity contribution < 1.29 is 9.53 Å². The van der Waals surface area contributed by atoms with Crippen LogP contribution in [0.5, 0.6) is 0 Å². The summed E-state index contributed by atoms with van der Waals surface area (Å²) in [6.07, 6.45) is 5.48. The molecule has 2 aliphatic rings. The fraction of sp³-hybridized carbons (Fsp3) is 0.625. The lowest BCUT2D eigenvalue weighted by atomic mass is 9.98. The van der Waals surface area contributed by atoms with Crippen LogP contribution >= 0.6 is 0 Å². The van der Waals surface area contributed by atoms with Gasteiger partial charge in [-0.25, -0.2) is 0 Å². The molecular weight excluding hydrogens is 266 g/mol. The highest BCUT2D eigenvalue weighted by atomic mass is 16.5. The van der Waals surface area contributed by atoms with Crippen molar-refractivity contribution in [3.63, 3.8) is 0 Å². The predicted octanol–water partition coefficient (Wildman–Crippen LogP) is 1.15. The fourth-order valence-electron chi connectivity index (χ4n) is 3.08. The van der Waals surface area contributed by atoms with Crippen molar-refractivity contribution in [3.8, 4) is 0 Å². The number of hydrogen-bond donors (Lipinski definition) is 0. The molecule has 1 amide bonds. The van der Waals surface area contributed by atoms with Crippen molar-refractivity contribution in [1.82, 2.24) is 14.8 Å². The zero-order valence-corrected chi connectivity index (χ0v) is 12.4. The number of rotatable bonds is 3. The summed E-state index contributed by atoms with van der Waals surface area (Å²) in [7, 11) is 0. The molecule has 0 bridgehead atoms. The number of carbonyl (C=O) groups excluding carboxylic acids is 1. The van der Waals surface area contributed by atoms with Gasteiger partial charge in [0.25, 0.3) is 0 Å². The second-order valence-corrected chi connectivity index (χ2v) is 5.85. The van der Waals surface area contributed by atoms with E-state index in [4.69, 9.17) is 4.74 Å². The maximum Gasteiger partial charge on any atom is 0.225 e. The summed E-state index contributed by atoms with van der Waals surface area (Å²) in [6, 6.07) is 4.08. The highest BCUT2D eigenvalue weighted by Crippen LogP contribution is 2.19. The van der Waals surface area contributed by atoms with Gasteiger partial charge in [0.1, 0.15) is 0 Å². The number of piperazine rings is 1. The van der Waals surface area contributed by atoms with Crippen LogP contribution in [-0.4, -0.2) is 60.1 Å². The second kappa shape index (κ2) is 7.00. The normalized spacial score (nSPS) is 21.4. The molecule has 2 saturated heterocycles. The zero-order valence-electron chi connectivity index (χ0n) is 12.4. The molecule has 2 aliphatic heterocycles. The van der Waals surface area contributed by atoms with E-state index in [1.807, 2.05) is 17.2 Å². The monoisotopic (exact) mass is 289 g/mol. The Morgan fingerprint density at radius 2 is 2.00 bits per heavy atom. The molecule has 5 heteroatoms. The first-order valence-electron chi connectivity index (χ1n) is 7.81. The van der Waals surface area contributed by atoms with Crippen molar-refractivity contribution in [2.24, 2.45) is 5.92 Å². The molecule has 2 fully saturated rings. The highest BCUT2D eigenvalue weighted by Gasteiger charge is 2.28. The van der Waals surface area contributed by atoms with Gasteiger partial charge in [-0.1, -0.05) is 6.07 Å². The molecule has 3 rings (SSSR count). The third kappa shape index (κ3) is 3.80. The quantitative estimate of drug-likeness (QED) is 0.837. The number of aromatic nitrogens is 1. The third-order valence-corrected chi connectivity index (χ3v) is 4.38. The molecule has 0 saturated carbocycles. The number of amides is 1. The van der Waals surface area contributed by atoms with Gasteiger partial charge in [0.15, 0.2) is 0 Å². The summed E-state index contributed by atoms with van der Waals surface area (Å²) in [4.78, 5) is 21.0. The minimum Gasteiger partial charge on any atom is -0.381 e. The van der Waals surface area contributed by atoms with Crippen LogP contribution in [0.1, 0.15) is 18.4 Å². The summed E-state index contributed by atoms with van der Waals surface area (Å²) in [5.41, 5.74) is 1.24. The van der Waals surface area contributed by atoms with Crippen LogP contribution in [0.15, 0.2) is 24.5 Å². The Balaban J connectivity index is 1.47. The van der Waals surface area contributed by atoms with E-state index >= 15 is 0 Å². The molecular formula is C16H23N3O2. The second-order valence-electron chi connectivity index (χ2n) is 5.85. The van der Waals surface area contributed by atoms with Gasteiger partial charge in [0, 0.05) is 64.2 Å². The molecule has 21 heavy (non-hydrogen) atoms. The number of hydrogen-bond acceptors (Lipinski definition) is 4. The minimum atomic E-state index is 0.184. The van der Waals surface area contributed by atoms with Crippen molar-refractivity contribution in [3.05, 3.63) is 30.1 Å². The SMILES string of the molecule is O=C(C1CCOCC1)N1CCN(Cc2cccnc2)CC1. The largest absolute Gasteiger partial charge is 0.381 e. The average Bonchev–Trinajstić information content (AvgIpc) is 2.57. The smallest absolute Gasteiger partial charge is 0.225 e. The summed E-state index contributed by atoms with van der Waals surface area (Å²) in [5, 5.41) is 0. The molecule has 1 aromatic heterocycles. The molecule has 0 aliphatic carbocycles. The fourth-order valence-corrected chi connectivity index (χ4v) is 3.08. The Morgan fingerprint density at radius 3 is 2.67 bits per heavy atom.